The number of ketones is 1. The smallest absolute Gasteiger partial charge is 0.232 e. The van der Waals surface area contributed by atoms with Crippen LogP contribution in [0.25, 0.3) is 6.08 Å². The molecule has 0 spiro atoms. The Morgan fingerprint density at radius 2 is 2.13 bits per heavy atom. The highest BCUT2D eigenvalue weighted by Crippen LogP contribution is 2.37. The number of halogens is 1. The number of aryl methyl sites for hydroxylation is 1. The van der Waals surface area contributed by atoms with Crippen molar-refractivity contribution in [1.29, 1.82) is 5.26 Å². The van der Waals surface area contributed by atoms with Gasteiger partial charge in [-0.15, -0.1) is 0 Å². The summed E-state index contributed by atoms with van der Waals surface area (Å²) in [6.45, 7) is 1.66. The van der Waals surface area contributed by atoms with Crippen molar-refractivity contribution in [1.82, 2.24) is 0 Å². The third-order valence-electron chi connectivity index (χ3n) is 3.44. The van der Waals surface area contributed by atoms with Crippen molar-refractivity contribution in [2.24, 2.45) is 0 Å². The highest BCUT2D eigenvalue weighted by Gasteiger charge is 2.30. The van der Waals surface area contributed by atoms with Crippen molar-refractivity contribution in [3.8, 4) is 17.6 Å². The molecule has 1 heterocycles. The number of nitriles is 1. The summed E-state index contributed by atoms with van der Waals surface area (Å²) in [5, 5.41) is 8.56. The fourth-order valence-electron chi connectivity index (χ4n) is 2.41. The Morgan fingerprint density at radius 3 is 2.87 bits per heavy atom. The molecule has 0 radical (unpaired) electrons. The Balaban J connectivity index is 1.97. The maximum Gasteiger partial charge on any atom is 0.232 e. The van der Waals surface area contributed by atoms with Gasteiger partial charge in [0.2, 0.25) is 5.78 Å². The number of fused-ring (bicyclic) bond motifs is 1. The minimum atomic E-state index is -0.429. The maximum absolute atomic E-state index is 13.7. The lowest BCUT2D eigenvalue weighted by molar-refractivity contribution is 0.101. The Morgan fingerprint density at radius 1 is 1.35 bits per heavy atom. The lowest BCUT2D eigenvalue weighted by Crippen LogP contribution is -2.00. The van der Waals surface area contributed by atoms with E-state index in [4.69, 9.17) is 14.7 Å². The van der Waals surface area contributed by atoms with Gasteiger partial charge in [-0.25, -0.2) is 4.39 Å². The van der Waals surface area contributed by atoms with Gasteiger partial charge in [0, 0.05) is 11.6 Å². The molecule has 1 aliphatic rings. The van der Waals surface area contributed by atoms with Crippen LogP contribution in [0.15, 0.2) is 42.2 Å². The monoisotopic (exact) mass is 309 g/mol. The maximum atomic E-state index is 13.7. The summed E-state index contributed by atoms with van der Waals surface area (Å²) in [7, 11) is 0. The number of nitrogens with zero attached hydrogens (tertiary/aromatic N) is 1. The minimum Gasteiger partial charge on any atom is -0.479 e. The van der Waals surface area contributed by atoms with Gasteiger partial charge in [0.1, 0.15) is 23.4 Å². The van der Waals surface area contributed by atoms with Gasteiger partial charge in [0.05, 0.1) is 5.56 Å². The molecule has 0 aromatic heterocycles. The number of ether oxygens (including phenoxy) is 2. The first-order valence-corrected chi connectivity index (χ1v) is 6.93. The first-order chi connectivity index (χ1) is 11.1. The summed E-state index contributed by atoms with van der Waals surface area (Å²) < 4.78 is 24.5. The highest BCUT2D eigenvalue weighted by molar-refractivity contribution is 6.15. The molecule has 0 saturated carbocycles. The molecule has 0 saturated heterocycles. The van der Waals surface area contributed by atoms with E-state index >= 15 is 0 Å². The van der Waals surface area contributed by atoms with E-state index in [1.165, 1.54) is 12.1 Å². The Hall–Kier alpha value is -3.13. The summed E-state index contributed by atoms with van der Waals surface area (Å²) in [6, 6.07) is 11.2. The van der Waals surface area contributed by atoms with E-state index in [0.29, 0.717) is 22.6 Å². The van der Waals surface area contributed by atoms with Crippen LogP contribution < -0.4 is 9.47 Å². The summed E-state index contributed by atoms with van der Waals surface area (Å²) in [5.74, 6) is 0.133. The number of carbonyl (C=O) groups excluding carboxylic acids is 1. The van der Waals surface area contributed by atoms with Gasteiger partial charge in [-0.05, 0) is 30.7 Å². The number of carbonyl (C=O) groups is 1. The molecular formula is C18H12FNO3. The summed E-state index contributed by atoms with van der Waals surface area (Å²) in [6.07, 6.45) is 1.38. The van der Waals surface area contributed by atoms with Gasteiger partial charge in [-0.3, -0.25) is 4.79 Å². The molecule has 0 amide bonds. The Bertz CT molecular complexity index is 865. The van der Waals surface area contributed by atoms with Crippen LogP contribution in [0, 0.1) is 24.1 Å². The second kappa shape index (κ2) is 5.93. The number of rotatable bonds is 3. The average Bonchev–Trinajstić information content (AvgIpc) is 2.84. The van der Waals surface area contributed by atoms with E-state index in [1.807, 2.05) is 6.07 Å². The van der Waals surface area contributed by atoms with Crippen LogP contribution in [-0.4, -0.2) is 12.4 Å². The zero-order valence-electron chi connectivity index (χ0n) is 12.3. The fourth-order valence-corrected chi connectivity index (χ4v) is 2.41. The third-order valence-corrected chi connectivity index (χ3v) is 3.44. The van der Waals surface area contributed by atoms with Gasteiger partial charge in [-0.1, -0.05) is 18.2 Å². The molecule has 0 N–H and O–H groups in total. The fraction of sp³-hybridized carbons (Fsp3) is 0.111. The number of hydrogen-bond donors (Lipinski definition) is 0. The predicted molar refractivity (Wildman–Crippen MR) is 81.6 cm³/mol. The highest BCUT2D eigenvalue weighted by atomic mass is 19.1. The molecule has 114 valence electrons. The molecule has 0 fully saturated rings. The topological polar surface area (TPSA) is 59.3 Å². The first kappa shape index (κ1) is 14.8. The van der Waals surface area contributed by atoms with Crippen molar-refractivity contribution in [3.05, 3.63) is 64.7 Å². The summed E-state index contributed by atoms with van der Waals surface area (Å²) >= 11 is 0. The number of hydrogen-bond acceptors (Lipinski definition) is 4. The van der Waals surface area contributed by atoms with E-state index < -0.39 is 5.82 Å². The molecule has 5 heteroatoms. The zero-order chi connectivity index (χ0) is 16.4. The van der Waals surface area contributed by atoms with E-state index in [1.54, 1.807) is 37.3 Å². The lowest BCUT2D eigenvalue weighted by Gasteiger charge is -2.06. The van der Waals surface area contributed by atoms with Gasteiger partial charge < -0.3 is 9.47 Å². The molecule has 3 rings (SSSR count). The Kier molecular flexibility index (Phi) is 3.82. The molecule has 1 aliphatic heterocycles. The van der Waals surface area contributed by atoms with E-state index in [-0.39, 0.29) is 23.7 Å². The first-order valence-electron chi connectivity index (χ1n) is 6.93. The largest absolute Gasteiger partial charge is 0.479 e. The molecule has 0 bridgehead atoms. The molecule has 0 atom stereocenters. The van der Waals surface area contributed by atoms with E-state index in [2.05, 4.69) is 0 Å². The van der Waals surface area contributed by atoms with Crippen molar-refractivity contribution >= 4 is 11.9 Å². The van der Waals surface area contributed by atoms with Crippen molar-refractivity contribution in [2.45, 2.75) is 6.92 Å². The van der Waals surface area contributed by atoms with Gasteiger partial charge >= 0.3 is 0 Å². The number of Topliss-reactive ketones (excluding diaryl/α,β-unsaturated/α-hetero) is 1. The number of benzene rings is 2. The van der Waals surface area contributed by atoms with Crippen molar-refractivity contribution in [2.75, 3.05) is 6.61 Å². The van der Waals surface area contributed by atoms with E-state index in [0.717, 1.165) is 0 Å². The number of allylic oxidation sites excluding steroid dienone is 1. The molecule has 0 unspecified atom stereocenters. The minimum absolute atomic E-state index is 0.0608. The quantitative estimate of drug-likeness (QED) is 0.812. The standard InChI is InChI=1S/C18H12FNO3/c1-11-8-13(22-7-6-20)10-15-17(11)18(21)16(23-15)9-12-4-2-3-5-14(12)19/h2-5,8-10H,7H2,1H3/b16-9-. The van der Waals surface area contributed by atoms with Crippen molar-refractivity contribution < 1.29 is 18.7 Å². The zero-order valence-corrected chi connectivity index (χ0v) is 12.3. The second-order valence-corrected chi connectivity index (χ2v) is 5.02. The van der Waals surface area contributed by atoms with Crippen LogP contribution in [0.3, 0.4) is 0 Å². The van der Waals surface area contributed by atoms with Crippen LogP contribution in [0.4, 0.5) is 4.39 Å². The van der Waals surface area contributed by atoms with Crippen LogP contribution in [0.5, 0.6) is 11.5 Å². The molecule has 2 aromatic carbocycles. The SMILES string of the molecule is Cc1cc(OCC#N)cc2c1C(=O)/C(=C/c1ccccc1F)O2. The normalized spacial score (nSPS) is 14.3. The molecule has 23 heavy (non-hydrogen) atoms. The third kappa shape index (κ3) is 2.79. The van der Waals surface area contributed by atoms with Gasteiger partial charge in [0.25, 0.3) is 0 Å². The summed E-state index contributed by atoms with van der Waals surface area (Å²) in [4.78, 5) is 12.4. The van der Waals surface area contributed by atoms with E-state index in [9.17, 15) is 9.18 Å². The molecular weight excluding hydrogens is 297 g/mol. The molecule has 4 nitrogen and oxygen atoms in total. The van der Waals surface area contributed by atoms with Gasteiger partial charge in [-0.2, -0.15) is 5.26 Å². The van der Waals surface area contributed by atoms with Crippen LogP contribution in [-0.2, 0) is 0 Å². The second-order valence-electron chi connectivity index (χ2n) is 5.02. The van der Waals surface area contributed by atoms with Crippen LogP contribution in [0.1, 0.15) is 21.5 Å². The van der Waals surface area contributed by atoms with Crippen molar-refractivity contribution in [3.63, 3.8) is 0 Å². The molecule has 2 aromatic rings. The molecule has 0 aliphatic carbocycles. The van der Waals surface area contributed by atoms with Gasteiger partial charge in [0.15, 0.2) is 12.4 Å². The lowest BCUT2D eigenvalue weighted by atomic mass is 10.0. The predicted octanol–water partition coefficient (Wildman–Crippen LogP) is 3.65. The average molecular weight is 309 g/mol. The Labute approximate surface area is 132 Å². The van der Waals surface area contributed by atoms with Crippen LogP contribution >= 0.6 is 0 Å². The summed E-state index contributed by atoms with van der Waals surface area (Å²) in [5.41, 5.74) is 1.39. The van der Waals surface area contributed by atoms with Crippen LogP contribution in [0.2, 0.25) is 0 Å².